The second kappa shape index (κ2) is 7.02. The summed E-state index contributed by atoms with van der Waals surface area (Å²) in [4.78, 5) is 26.6. The fraction of sp³-hybridized carbons (Fsp3) is 0.556. The van der Waals surface area contributed by atoms with Crippen molar-refractivity contribution < 1.29 is 19.1 Å². The topological polar surface area (TPSA) is 55.8 Å². The molecule has 0 aliphatic carbocycles. The summed E-state index contributed by atoms with van der Waals surface area (Å²) in [6, 6.07) is 5.51. The number of fused-ring (bicyclic) bond motifs is 1. The Hall–Kier alpha value is -2.04. The van der Waals surface area contributed by atoms with Crippen molar-refractivity contribution in [3.8, 4) is 11.5 Å². The zero-order valence-electron chi connectivity index (χ0n) is 13.5. The Morgan fingerprint density at radius 3 is 2.70 bits per heavy atom. The minimum atomic E-state index is -0.0278. The predicted octanol–water partition coefficient (Wildman–Crippen LogP) is 2.82. The zero-order chi connectivity index (χ0) is 16.2. The maximum atomic E-state index is 12.3. The molecule has 2 aliphatic heterocycles. The van der Waals surface area contributed by atoms with E-state index in [0.717, 1.165) is 19.4 Å². The van der Waals surface area contributed by atoms with E-state index in [0.29, 0.717) is 36.3 Å². The molecule has 23 heavy (non-hydrogen) atoms. The number of benzene rings is 1. The molecule has 0 N–H and O–H groups in total. The maximum Gasteiger partial charge on any atom is 0.223 e. The van der Waals surface area contributed by atoms with Crippen molar-refractivity contribution in [2.24, 2.45) is 0 Å². The summed E-state index contributed by atoms with van der Waals surface area (Å²) >= 11 is 0. The Bertz CT molecular complexity index is 599. The first-order chi connectivity index (χ1) is 11.1. The standard InChI is InChI=1S/C18H23NO4/c1-13-4-2-3-9-19(13)18(21)8-6-15(20)14-5-7-16-17(12-14)23-11-10-22-16/h5,7,12-13H,2-4,6,8-11H2,1H3. The lowest BCUT2D eigenvalue weighted by atomic mass is 10.0. The van der Waals surface area contributed by atoms with Crippen LogP contribution in [0.25, 0.3) is 0 Å². The Morgan fingerprint density at radius 1 is 1.13 bits per heavy atom. The third kappa shape index (κ3) is 3.66. The number of amides is 1. The molecular weight excluding hydrogens is 294 g/mol. The third-order valence-corrected chi connectivity index (χ3v) is 4.55. The Balaban J connectivity index is 1.57. The first-order valence-corrected chi connectivity index (χ1v) is 8.37. The minimum Gasteiger partial charge on any atom is -0.486 e. The van der Waals surface area contributed by atoms with Gasteiger partial charge in [-0.15, -0.1) is 0 Å². The summed E-state index contributed by atoms with van der Waals surface area (Å²) in [6.07, 6.45) is 3.81. The van der Waals surface area contributed by atoms with E-state index in [9.17, 15) is 9.59 Å². The van der Waals surface area contributed by atoms with Crippen LogP contribution in [0.4, 0.5) is 0 Å². The van der Waals surface area contributed by atoms with Crippen LogP contribution in [0.15, 0.2) is 18.2 Å². The SMILES string of the molecule is CC1CCCCN1C(=O)CCC(=O)c1ccc2c(c1)OCCO2. The highest BCUT2D eigenvalue weighted by molar-refractivity contribution is 5.98. The van der Waals surface area contributed by atoms with E-state index < -0.39 is 0 Å². The molecule has 2 aliphatic rings. The molecule has 0 saturated carbocycles. The molecule has 0 aromatic heterocycles. The van der Waals surface area contributed by atoms with Gasteiger partial charge in [-0.25, -0.2) is 0 Å². The Kier molecular flexibility index (Phi) is 4.84. The van der Waals surface area contributed by atoms with Crippen LogP contribution in [-0.4, -0.2) is 42.4 Å². The van der Waals surface area contributed by atoms with Gasteiger partial charge in [0.2, 0.25) is 5.91 Å². The highest BCUT2D eigenvalue weighted by Crippen LogP contribution is 2.31. The molecule has 2 heterocycles. The van der Waals surface area contributed by atoms with Gasteiger partial charge in [-0.3, -0.25) is 9.59 Å². The van der Waals surface area contributed by atoms with Crippen LogP contribution in [0.5, 0.6) is 11.5 Å². The number of hydrogen-bond acceptors (Lipinski definition) is 4. The number of Topliss-reactive ketones (excluding diaryl/α,β-unsaturated/α-hetero) is 1. The smallest absolute Gasteiger partial charge is 0.223 e. The van der Waals surface area contributed by atoms with Gasteiger partial charge in [0.05, 0.1) is 0 Å². The fourth-order valence-corrected chi connectivity index (χ4v) is 3.19. The quantitative estimate of drug-likeness (QED) is 0.801. The van der Waals surface area contributed by atoms with Gasteiger partial charge in [-0.1, -0.05) is 0 Å². The van der Waals surface area contributed by atoms with Crippen LogP contribution < -0.4 is 9.47 Å². The van der Waals surface area contributed by atoms with E-state index in [2.05, 4.69) is 6.92 Å². The molecule has 1 saturated heterocycles. The number of ketones is 1. The molecule has 1 amide bonds. The van der Waals surface area contributed by atoms with E-state index in [4.69, 9.17) is 9.47 Å². The molecule has 1 fully saturated rings. The van der Waals surface area contributed by atoms with Crippen LogP contribution in [0.2, 0.25) is 0 Å². The number of rotatable bonds is 4. The van der Waals surface area contributed by atoms with Crippen molar-refractivity contribution in [1.29, 1.82) is 0 Å². The van der Waals surface area contributed by atoms with Gasteiger partial charge in [-0.05, 0) is 44.4 Å². The number of carbonyl (C=O) groups is 2. The summed E-state index contributed by atoms with van der Waals surface area (Å²) < 4.78 is 10.9. The van der Waals surface area contributed by atoms with Crippen molar-refractivity contribution in [2.75, 3.05) is 19.8 Å². The van der Waals surface area contributed by atoms with E-state index in [1.165, 1.54) is 6.42 Å². The molecule has 0 spiro atoms. The van der Waals surface area contributed by atoms with Crippen molar-refractivity contribution in [3.05, 3.63) is 23.8 Å². The van der Waals surface area contributed by atoms with Gasteiger partial charge in [0, 0.05) is 31.0 Å². The highest BCUT2D eigenvalue weighted by atomic mass is 16.6. The van der Waals surface area contributed by atoms with Crippen molar-refractivity contribution in [1.82, 2.24) is 4.90 Å². The molecule has 1 aromatic rings. The molecule has 3 rings (SSSR count). The van der Waals surface area contributed by atoms with E-state index in [1.807, 2.05) is 4.90 Å². The maximum absolute atomic E-state index is 12.3. The van der Waals surface area contributed by atoms with Crippen molar-refractivity contribution in [2.45, 2.75) is 45.1 Å². The average Bonchev–Trinajstić information content (AvgIpc) is 2.59. The predicted molar refractivity (Wildman–Crippen MR) is 86.0 cm³/mol. The normalized spacial score (nSPS) is 20.2. The zero-order valence-corrected chi connectivity index (χ0v) is 13.5. The Morgan fingerprint density at radius 2 is 1.91 bits per heavy atom. The van der Waals surface area contributed by atoms with Gasteiger partial charge in [0.25, 0.3) is 0 Å². The number of piperidine rings is 1. The molecule has 5 heteroatoms. The molecule has 1 unspecified atom stereocenters. The van der Waals surface area contributed by atoms with Crippen molar-refractivity contribution >= 4 is 11.7 Å². The van der Waals surface area contributed by atoms with E-state index in [-0.39, 0.29) is 24.5 Å². The molecule has 0 radical (unpaired) electrons. The highest BCUT2D eigenvalue weighted by Gasteiger charge is 2.23. The van der Waals surface area contributed by atoms with Gasteiger partial charge in [0.1, 0.15) is 13.2 Å². The van der Waals surface area contributed by atoms with Gasteiger partial charge in [0.15, 0.2) is 17.3 Å². The third-order valence-electron chi connectivity index (χ3n) is 4.55. The van der Waals surface area contributed by atoms with Crippen LogP contribution >= 0.6 is 0 Å². The number of hydrogen-bond donors (Lipinski definition) is 0. The number of carbonyl (C=O) groups excluding carboxylic acids is 2. The second-order valence-corrected chi connectivity index (χ2v) is 6.21. The summed E-state index contributed by atoms with van der Waals surface area (Å²) in [5.41, 5.74) is 0.578. The fourth-order valence-electron chi connectivity index (χ4n) is 3.19. The van der Waals surface area contributed by atoms with Crippen molar-refractivity contribution in [3.63, 3.8) is 0 Å². The molecule has 124 valence electrons. The molecule has 5 nitrogen and oxygen atoms in total. The number of likely N-dealkylation sites (tertiary alicyclic amines) is 1. The summed E-state index contributed by atoms with van der Waals surface area (Å²) in [7, 11) is 0. The number of ether oxygens (including phenoxy) is 2. The second-order valence-electron chi connectivity index (χ2n) is 6.21. The van der Waals surface area contributed by atoms with Crippen LogP contribution in [-0.2, 0) is 4.79 Å². The monoisotopic (exact) mass is 317 g/mol. The van der Waals surface area contributed by atoms with Gasteiger partial charge in [-0.2, -0.15) is 0 Å². The lowest BCUT2D eigenvalue weighted by molar-refractivity contribution is -0.134. The van der Waals surface area contributed by atoms with Crippen LogP contribution in [0, 0.1) is 0 Å². The van der Waals surface area contributed by atoms with Crippen LogP contribution in [0.3, 0.4) is 0 Å². The largest absolute Gasteiger partial charge is 0.486 e. The Labute approximate surface area is 136 Å². The summed E-state index contributed by atoms with van der Waals surface area (Å²) in [5, 5.41) is 0. The van der Waals surface area contributed by atoms with Gasteiger partial charge >= 0.3 is 0 Å². The summed E-state index contributed by atoms with van der Waals surface area (Å²) in [5.74, 6) is 1.34. The first kappa shape index (κ1) is 15.8. The molecule has 1 atom stereocenters. The first-order valence-electron chi connectivity index (χ1n) is 8.37. The molecular formula is C18H23NO4. The average molecular weight is 317 g/mol. The number of nitrogens with zero attached hydrogens (tertiary/aromatic N) is 1. The summed E-state index contributed by atoms with van der Waals surface area (Å²) in [6.45, 7) is 3.93. The molecule has 0 bridgehead atoms. The van der Waals surface area contributed by atoms with Gasteiger partial charge < -0.3 is 14.4 Å². The molecule has 1 aromatic carbocycles. The van der Waals surface area contributed by atoms with E-state index in [1.54, 1.807) is 18.2 Å². The lowest BCUT2D eigenvalue weighted by Crippen LogP contribution is -2.42. The minimum absolute atomic E-state index is 0.0278. The van der Waals surface area contributed by atoms with E-state index >= 15 is 0 Å². The van der Waals surface area contributed by atoms with Crippen LogP contribution in [0.1, 0.15) is 49.4 Å². The lowest BCUT2D eigenvalue weighted by Gasteiger charge is -2.33.